The summed E-state index contributed by atoms with van der Waals surface area (Å²) in [6, 6.07) is 6.17. The van der Waals surface area contributed by atoms with Gasteiger partial charge in [-0.2, -0.15) is 0 Å². The van der Waals surface area contributed by atoms with Gasteiger partial charge in [0.25, 0.3) is 0 Å². The van der Waals surface area contributed by atoms with E-state index in [1.54, 1.807) is 12.1 Å². The Hall–Kier alpha value is -2.48. The number of aromatic nitrogens is 2. The lowest BCUT2D eigenvalue weighted by molar-refractivity contribution is -0.0361. The van der Waals surface area contributed by atoms with Gasteiger partial charge in [0.15, 0.2) is 0 Å². The van der Waals surface area contributed by atoms with Crippen molar-refractivity contribution in [1.82, 2.24) is 14.5 Å². The first-order valence-electron chi connectivity index (χ1n) is 10.8. The number of hydrogen-bond acceptors (Lipinski definition) is 4. The lowest BCUT2D eigenvalue weighted by atomic mass is 9.92. The van der Waals surface area contributed by atoms with E-state index >= 15 is 0 Å². The lowest BCUT2D eigenvalue weighted by Crippen LogP contribution is -2.49. The third kappa shape index (κ3) is 4.05. The van der Waals surface area contributed by atoms with Crippen LogP contribution in [0.25, 0.3) is 11.3 Å². The average molecular weight is 434 g/mol. The summed E-state index contributed by atoms with van der Waals surface area (Å²) in [6.45, 7) is 9.99. The zero-order valence-electron chi connectivity index (χ0n) is 18.1. The van der Waals surface area contributed by atoms with Crippen LogP contribution in [0.3, 0.4) is 0 Å². The van der Waals surface area contributed by atoms with Crippen LogP contribution in [0.1, 0.15) is 45.4 Å². The number of benzene rings is 1. The molecule has 2 aromatic rings. The standard InChI is InChI=1S/C23H30F3N5/c1-15(14-27)31-13-12-30-20(28-18-8-10-23(25,26)11-9-18)19(29-21(30)22(31,2)3)16-4-6-17(24)7-5-16/h4-7,18,28H,1,8-14,27H2,2-3H3. The second kappa shape index (κ2) is 7.89. The molecule has 1 aromatic heterocycles. The van der Waals surface area contributed by atoms with Crippen LogP contribution in [-0.2, 0) is 12.1 Å². The fourth-order valence-electron chi connectivity index (χ4n) is 4.73. The predicted octanol–water partition coefficient (Wildman–Crippen LogP) is 4.70. The van der Waals surface area contributed by atoms with Gasteiger partial charge in [-0.3, -0.25) is 0 Å². The summed E-state index contributed by atoms with van der Waals surface area (Å²) >= 11 is 0. The Labute approximate surface area is 181 Å². The smallest absolute Gasteiger partial charge is 0.248 e. The van der Waals surface area contributed by atoms with Gasteiger partial charge in [-0.1, -0.05) is 6.58 Å². The molecule has 0 radical (unpaired) electrons. The van der Waals surface area contributed by atoms with Gasteiger partial charge in [-0.25, -0.2) is 18.2 Å². The van der Waals surface area contributed by atoms with E-state index < -0.39 is 11.5 Å². The van der Waals surface area contributed by atoms with Crippen molar-refractivity contribution >= 4 is 5.82 Å². The first-order valence-corrected chi connectivity index (χ1v) is 10.8. The molecule has 0 amide bonds. The highest BCUT2D eigenvalue weighted by Gasteiger charge is 2.40. The lowest BCUT2D eigenvalue weighted by Gasteiger charge is -2.45. The molecule has 1 saturated carbocycles. The van der Waals surface area contributed by atoms with Crippen molar-refractivity contribution in [3.8, 4) is 11.3 Å². The van der Waals surface area contributed by atoms with E-state index in [9.17, 15) is 13.2 Å². The molecular weight excluding hydrogens is 403 g/mol. The Morgan fingerprint density at radius 2 is 1.84 bits per heavy atom. The van der Waals surface area contributed by atoms with Crippen molar-refractivity contribution < 1.29 is 13.2 Å². The second-order valence-electron chi connectivity index (χ2n) is 9.05. The fraction of sp³-hybridized carbons (Fsp3) is 0.522. The summed E-state index contributed by atoms with van der Waals surface area (Å²) < 4.78 is 43.0. The maximum atomic E-state index is 13.7. The minimum absolute atomic E-state index is 0.0558. The van der Waals surface area contributed by atoms with Gasteiger partial charge < -0.3 is 20.5 Å². The molecule has 4 rings (SSSR count). The number of fused-ring (bicyclic) bond motifs is 1. The van der Waals surface area contributed by atoms with Gasteiger partial charge in [0.2, 0.25) is 5.92 Å². The van der Waals surface area contributed by atoms with Gasteiger partial charge >= 0.3 is 0 Å². The SMILES string of the molecule is C=C(CN)N1CCn2c(nc(-c3ccc(F)cc3)c2NC2CCC(F)(F)CC2)C1(C)C. The minimum atomic E-state index is -2.58. The maximum absolute atomic E-state index is 13.7. The molecule has 1 fully saturated rings. The highest BCUT2D eigenvalue weighted by molar-refractivity contribution is 5.73. The molecule has 168 valence electrons. The molecule has 2 aliphatic rings. The largest absolute Gasteiger partial charge is 0.367 e. The molecule has 1 aromatic carbocycles. The summed E-state index contributed by atoms with van der Waals surface area (Å²) in [5.41, 5.74) is 7.73. The Morgan fingerprint density at radius 3 is 2.45 bits per heavy atom. The third-order valence-corrected chi connectivity index (χ3v) is 6.53. The summed E-state index contributed by atoms with van der Waals surface area (Å²) in [5, 5.41) is 3.51. The van der Waals surface area contributed by atoms with Crippen molar-refractivity contribution in [1.29, 1.82) is 0 Å². The van der Waals surface area contributed by atoms with E-state index in [-0.39, 0.29) is 24.7 Å². The quantitative estimate of drug-likeness (QED) is 0.718. The first-order chi connectivity index (χ1) is 14.6. The van der Waals surface area contributed by atoms with Gasteiger partial charge in [0.05, 0.1) is 5.54 Å². The molecule has 1 aliphatic heterocycles. The minimum Gasteiger partial charge on any atom is -0.367 e. The molecular formula is C23H30F3N5. The molecule has 5 nitrogen and oxygen atoms in total. The van der Waals surface area contributed by atoms with Crippen molar-refractivity contribution in [2.45, 2.75) is 63.6 Å². The van der Waals surface area contributed by atoms with Crippen molar-refractivity contribution in [2.75, 3.05) is 18.4 Å². The second-order valence-corrected chi connectivity index (χ2v) is 9.05. The molecule has 1 aliphatic carbocycles. The normalized spacial score (nSPS) is 20.4. The molecule has 2 heterocycles. The van der Waals surface area contributed by atoms with Gasteiger partial charge in [-0.05, 0) is 51.0 Å². The molecule has 0 atom stereocenters. The fourth-order valence-corrected chi connectivity index (χ4v) is 4.73. The maximum Gasteiger partial charge on any atom is 0.248 e. The van der Waals surface area contributed by atoms with Crippen molar-refractivity contribution in [2.24, 2.45) is 5.73 Å². The van der Waals surface area contributed by atoms with E-state index in [1.807, 2.05) is 0 Å². The van der Waals surface area contributed by atoms with Gasteiger partial charge in [0.1, 0.15) is 23.2 Å². The van der Waals surface area contributed by atoms with E-state index in [2.05, 4.69) is 35.2 Å². The van der Waals surface area contributed by atoms with E-state index in [1.165, 1.54) is 12.1 Å². The monoisotopic (exact) mass is 433 g/mol. The van der Waals surface area contributed by atoms with Crippen LogP contribution in [0.2, 0.25) is 0 Å². The van der Waals surface area contributed by atoms with Crippen LogP contribution < -0.4 is 11.1 Å². The summed E-state index contributed by atoms with van der Waals surface area (Å²) in [5.74, 6) is -1.25. The molecule has 3 N–H and O–H groups in total. The van der Waals surface area contributed by atoms with Crippen molar-refractivity contribution in [3.05, 3.63) is 48.2 Å². The van der Waals surface area contributed by atoms with Crippen molar-refractivity contribution in [3.63, 3.8) is 0 Å². The van der Waals surface area contributed by atoms with Crippen LogP contribution >= 0.6 is 0 Å². The number of alkyl halides is 2. The zero-order valence-corrected chi connectivity index (χ0v) is 18.1. The predicted molar refractivity (Wildman–Crippen MR) is 116 cm³/mol. The van der Waals surface area contributed by atoms with Gasteiger partial charge in [-0.15, -0.1) is 0 Å². The Kier molecular flexibility index (Phi) is 5.54. The number of nitrogens with one attached hydrogen (secondary N) is 1. The molecule has 0 spiro atoms. The van der Waals surface area contributed by atoms with Crippen LogP contribution in [-0.4, -0.2) is 39.5 Å². The Balaban J connectivity index is 1.75. The van der Waals surface area contributed by atoms with Crippen LogP contribution in [0.15, 0.2) is 36.5 Å². The summed E-state index contributed by atoms with van der Waals surface area (Å²) in [7, 11) is 0. The van der Waals surface area contributed by atoms with Gasteiger partial charge in [0, 0.05) is 49.8 Å². The molecule has 31 heavy (non-hydrogen) atoms. The topological polar surface area (TPSA) is 59.1 Å². The van der Waals surface area contributed by atoms with E-state index in [0.29, 0.717) is 38.2 Å². The first kappa shape index (κ1) is 21.7. The number of rotatable bonds is 5. The molecule has 0 unspecified atom stereocenters. The van der Waals surface area contributed by atoms with Crippen LogP contribution in [0, 0.1) is 5.82 Å². The number of anilines is 1. The zero-order chi connectivity index (χ0) is 22.4. The third-order valence-electron chi connectivity index (χ3n) is 6.53. The average Bonchev–Trinajstić information content (AvgIpc) is 3.09. The number of nitrogens with two attached hydrogens (primary N) is 1. The number of imidazole rings is 1. The highest BCUT2D eigenvalue weighted by Crippen LogP contribution is 2.41. The molecule has 0 bridgehead atoms. The molecule has 8 heteroatoms. The molecule has 0 saturated heterocycles. The Morgan fingerprint density at radius 1 is 1.19 bits per heavy atom. The van der Waals surface area contributed by atoms with E-state index in [0.717, 1.165) is 22.9 Å². The number of halogens is 3. The van der Waals surface area contributed by atoms with Crippen LogP contribution in [0.4, 0.5) is 19.0 Å². The Bertz CT molecular complexity index is 954. The highest BCUT2D eigenvalue weighted by atomic mass is 19.3. The number of hydrogen-bond donors (Lipinski definition) is 2. The number of nitrogens with zero attached hydrogens (tertiary/aromatic N) is 3. The summed E-state index contributed by atoms with van der Waals surface area (Å²) in [4.78, 5) is 7.13. The van der Waals surface area contributed by atoms with E-state index in [4.69, 9.17) is 10.7 Å². The van der Waals surface area contributed by atoms with Crippen LogP contribution in [0.5, 0.6) is 0 Å². The summed E-state index contributed by atoms with van der Waals surface area (Å²) in [6.07, 6.45) is 0.562.